The molecule has 1 fully saturated rings. The highest BCUT2D eigenvalue weighted by Crippen LogP contribution is 2.24. The van der Waals surface area contributed by atoms with Crippen molar-refractivity contribution in [1.29, 1.82) is 0 Å². The minimum absolute atomic E-state index is 0.222. The molecule has 2 rings (SSSR count). The molecule has 0 amide bonds. The number of hydrogen-bond donors (Lipinski definition) is 1. The number of carboxylic acids is 1. The lowest BCUT2D eigenvalue weighted by molar-refractivity contribution is 0.0696. The molecule has 1 N–H and O–H groups in total. The van der Waals surface area contributed by atoms with Gasteiger partial charge in [0.25, 0.3) is 0 Å². The number of nitrogens with zero attached hydrogens (tertiary/aromatic N) is 3. The van der Waals surface area contributed by atoms with E-state index in [9.17, 15) is 9.90 Å². The third-order valence-electron chi connectivity index (χ3n) is 3.89. The second kappa shape index (κ2) is 5.79. The fourth-order valence-electron chi connectivity index (χ4n) is 2.49. The second-order valence-electron chi connectivity index (χ2n) is 5.95. The molecule has 2 heterocycles. The van der Waals surface area contributed by atoms with Crippen molar-refractivity contribution in [2.75, 3.05) is 32.1 Å². The van der Waals surface area contributed by atoms with Gasteiger partial charge in [0.05, 0.1) is 5.56 Å². The first kappa shape index (κ1) is 14.8. The number of anilines is 1. The molecule has 1 aliphatic rings. The van der Waals surface area contributed by atoms with Gasteiger partial charge in [-0.2, -0.15) is 0 Å². The van der Waals surface area contributed by atoms with E-state index in [0.717, 1.165) is 31.0 Å². The lowest BCUT2D eigenvalue weighted by Crippen LogP contribution is -2.31. The van der Waals surface area contributed by atoms with Crippen molar-refractivity contribution >= 4 is 11.8 Å². The Morgan fingerprint density at radius 3 is 2.65 bits per heavy atom. The predicted molar refractivity (Wildman–Crippen MR) is 79.6 cm³/mol. The van der Waals surface area contributed by atoms with Gasteiger partial charge in [-0.25, -0.2) is 9.78 Å². The summed E-state index contributed by atoms with van der Waals surface area (Å²) < 4.78 is 0. The van der Waals surface area contributed by atoms with Gasteiger partial charge in [-0.1, -0.05) is 13.8 Å². The quantitative estimate of drug-likeness (QED) is 0.912. The number of aromatic nitrogens is 1. The lowest BCUT2D eigenvalue weighted by atomic mass is 10.1. The van der Waals surface area contributed by atoms with Gasteiger partial charge in [0.15, 0.2) is 0 Å². The zero-order valence-electron chi connectivity index (χ0n) is 12.6. The molecule has 0 spiro atoms. The average Bonchev–Trinajstić information content (AvgIpc) is 2.87. The molecule has 0 saturated carbocycles. The Morgan fingerprint density at radius 1 is 1.45 bits per heavy atom. The number of likely N-dealkylation sites (N-methyl/N-ethyl adjacent to an activating group) is 1. The van der Waals surface area contributed by atoms with Crippen LogP contribution in [0.15, 0.2) is 12.1 Å². The Labute approximate surface area is 120 Å². The Balaban J connectivity index is 2.29. The Morgan fingerprint density at radius 2 is 2.15 bits per heavy atom. The van der Waals surface area contributed by atoms with Crippen LogP contribution in [0.1, 0.15) is 42.2 Å². The minimum atomic E-state index is -0.890. The molecule has 1 unspecified atom stereocenters. The molecular weight excluding hydrogens is 254 g/mol. The van der Waals surface area contributed by atoms with Gasteiger partial charge < -0.3 is 14.9 Å². The predicted octanol–water partition coefficient (Wildman–Crippen LogP) is 2.04. The second-order valence-corrected chi connectivity index (χ2v) is 5.95. The number of hydrogen-bond acceptors (Lipinski definition) is 4. The van der Waals surface area contributed by atoms with E-state index in [1.165, 1.54) is 0 Å². The number of carbonyl (C=O) groups is 1. The van der Waals surface area contributed by atoms with Crippen molar-refractivity contribution in [1.82, 2.24) is 9.88 Å². The standard InChI is InChI=1S/C15H23N3O2/c1-10(2)13-7-11(15(19)20)8-14(16-13)18-6-5-12(9-18)17(3)4/h7-8,10,12H,5-6,9H2,1-4H3,(H,19,20). The van der Waals surface area contributed by atoms with Crippen LogP contribution < -0.4 is 4.90 Å². The smallest absolute Gasteiger partial charge is 0.335 e. The van der Waals surface area contributed by atoms with Gasteiger partial charge >= 0.3 is 5.97 Å². The fourth-order valence-corrected chi connectivity index (χ4v) is 2.49. The summed E-state index contributed by atoms with van der Waals surface area (Å²) in [5, 5.41) is 9.24. The molecule has 1 saturated heterocycles. The van der Waals surface area contributed by atoms with E-state index in [1.54, 1.807) is 12.1 Å². The topological polar surface area (TPSA) is 56.7 Å². The third kappa shape index (κ3) is 3.10. The van der Waals surface area contributed by atoms with Crippen LogP contribution in [0.5, 0.6) is 0 Å². The van der Waals surface area contributed by atoms with E-state index < -0.39 is 5.97 Å². The van der Waals surface area contributed by atoms with Crippen LogP contribution in [0.2, 0.25) is 0 Å². The summed E-state index contributed by atoms with van der Waals surface area (Å²) in [5.74, 6) is 0.122. The van der Waals surface area contributed by atoms with Crippen LogP contribution in [0.25, 0.3) is 0 Å². The van der Waals surface area contributed by atoms with Crippen molar-refractivity contribution in [2.45, 2.75) is 32.2 Å². The monoisotopic (exact) mass is 277 g/mol. The van der Waals surface area contributed by atoms with Crippen LogP contribution in [0.3, 0.4) is 0 Å². The fraction of sp³-hybridized carbons (Fsp3) is 0.600. The van der Waals surface area contributed by atoms with Crippen molar-refractivity contribution in [2.24, 2.45) is 0 Å². The van der Waals surface area contributed by atoms with Crippen LogP contribution in [0.4, 0.5) is 5.82 Å². The van der Waals surface area contributed by atoms with E-state index in [2.05, 4.69) is 28.9 Å². The maximum absolute atomic E-state index is 11.3. The number of aromatic carboxylic acids is 1. The normalized spacial score (nSPS) is 19.1. The van der Waals surface area contributed by atoms with Crippen molar-refractivity contribution in [3.05, 3.63) is 23.4 Å². The molecular formula is C15H23N3O2. The first-order valence-corrected chi connectivity index (χ1v) is 7.05. The van der Waals surface area contributed by atoms with Gasteiger partial charge in [-0.05, 0) is 38.6 Å². The summed E-state index contributed by atoms with van der Waals surface area (Å²) in [4.78, 5) is 20.3. The first-order chi connectivity index (χ1) is 9.38. The molecule has 1 aromatic heterocycles. The summed E-state index contributed by atoms with van der Waals surface area (Å²) in [6, 6.07) is 3.87. The van der Waals surface area contributed by atoms with Gasteiger partial charge in [0, 0.05) is 24.8 Å². The van der Waals surface area contributed by atoms with Gasteiger partial charge in [-0.3, -0.25) is 0 Å². The van der Waals surface area contributed by atoms with Crippen molar-refractivity contribution < 1.29 is 9.90 Å². The molecule has 5 heteroatoms. The highest BCUT2D eigenvalue weighted by Gasteiger charge is 2.26. The number of pyridine rings is 1. The number of rotatable bonds is 4. The van der Waals surface area contributed by atoms with Gasteiger partial charge in [0.1, 0.15) is 5.82 Å². The largest absolute Gasteiger partial charge is 0.478 e. The molecule has 0 aromatic carbocycles. The molecule has 0 radical (unpaired) electrons. The summed E-state index contributed by atoms with van der Waals surface area (Å²) in [7, 11) is 4.16. The average molecular weight is 277 g/mol. The van der Waals surface area contributed by atoms with Crippen LogP contribution in [-0.2, 0) is 0 Å². The molecule has 20 heavy (non-hydrogen) atoms. The van der Waals surface area contributed by atoms with Crippen LogP contribution >= 0.6 is 0 Å². The molecule has 1 aromatic rings. The summed E-state index contributed by atoms with van der Waals surface area (Å²) >= 11 is 0. The highest BCUT2D eigenvalue weighted by molar-refractivity contribution is 5.88. The molecule has 1 atom stereocenters. The zero-order chi connectivity index (χ0) is 14.9. The van der Waals surface area contributed by atoms with E-state index >= 15 is 0 Å². The van der Waals surface area contributed by atoms with E-state index in [0.29, 0.717) is 11.6 Å². The minimum Gasteiger partial charge on any atom is -0.478 e. The molecule has 0 bridgehead atoms. The first-order valence-electron chi connectivity index (χ1n) is 7.05. The molecule has 0 aliphatic carbocycles. The number of carboxylic acid groups (broad SMARTS) is 1. The van der Waals surface area contributed by atoms with Crippen molar-refractivity contribution in [3.63, 3.8) is 0 Å². The maximum atomic E-state index is 11.3. The Kier molecular flexibility index (Phi) is 4.28. The molecule has 1 aliphatic heterocycles. The van der Waals surface area contributed by atoms with E-state index in [1.807, 2.05) is 13.8 Å². The van der Waals surface area contributed by atoms with E-state index in [-0.39, 0.29) is 5.92 Å². The SMILES string of the molecule is CC(C)c1cc(C(=O)O)cc(N2CCC(N(C)C)C2)n1. The van der Waals surface area contributed by atoms with Gasteiger partial charge in [0.2, 0.25) is 0 Å². The lowest BCUT2D eigenvalue weighted by Gasteiger charge is -2.22. The molecule has 110 valence electrons. The summed E-state index contributed by atoms with van der Waals surface area (Å²) in [5.41, 5.74) is 1.17. The zero-order valence-corrected chi connectivity index (χ0v) is 12.6. The summed E-state index contributed by atoms with van der Waals surface area (Å²) in [6.07, 6.45) is 1.09. The van der Waals surface area contributed by atoms with Gasteiger partial charge in [-0.15, -0.1) is 0 Å². The third-order valence-corrected chi connectivity index (χ3v) is 3.89. The Hall–Kier alpha value is -1.62. The van der Waals surface area contributed by atoms with Crippen LogP contribution in [0, 0.1) is 0 Å². The summed E-state index contributed by atoms with van der Waals surface area (Å²) in [6.45, 7) is 5.89. The maximum Gasteiger partial charge on any atom is 0.335 e. The van der Waals surface area contributed by atoms with Crippen molar-refractivity contribution in [3.8, 4) is 0 Å². The Bertz CT molecular complexity index is 500. The highest BCUT2D eigenvalue weighted by atomic mass is 16.4. The molecule has 5 nitrogen and oxygen atoms in total. The van der Waals surface area contributed by atoms with Crippen LogP contribution in [-0.4, -0.2) is 54.2 Å². The van der Waals surface area contributed by atoms with E-state index in [4.69, 9.17) is 0 Å².